The lowest BCUT2D eigenvalue weighted by molar-refractivity contribution is -0.120. The molecule has 0 aliphatic carbocycles. The summed E-state index contributed by atoms with van der Waals surface area (Å²) in [7, 11) is -3.71. The molecule has 7 heteroatoms. The molecule has 2 N–H and O–H groups in total. The highest BCUT2D eigenvalue weighted by atomic mass is 31.2. The Morgan fingerprint density at radius 3 is 2.33 bits per heavy atom. The number of phosphoric ester groups is 1. The fourth-order valence-corrected chi connectivity index (χ4v) is 2.27. The lowest BCUT2D eigenvalue weighted by Crippen LogP contribution is -2.18. The molecule has 6 nitrogen and oxygen atoms in total. The second-order valence-corrected chi connectivity index (χ2v) is 4.33. The Morgan fingerprint density at radius 1 is 1.33 bits per heavy atom. The maximum atomic E-state index is 11.7. The molecule has 0 saturated carbocycles. The smallest absolute Gasteiger partial charge is 0.391 e. The second-order valence-electron chi connectivity index (χ2n) is 2.82. The van der Waals surface area contributed by atoms with Crippen molar-refractivity contribution in [1.29, 1.82) is 0 Å². The van der Waals surface area contributed by atoms with Gasteiger partial charge in [0.1, 0.15) is 6.61 Å². The van der Waals surface area contributed by atoms with Crippen molar-refractivity contribution in [1.82, 2.24) is 0 Å². The third-order valence-corrected chi connectivity index (χ3v) is 2.92. The normalized spacial score (nSPS) is 16.3. The number of nitrogens with two attached hydrogens (primary N) is 1. The van der Waals surface area contributed by atoms with E-state index in [1.807, 2.05) is 0 Å². The van der Waals surface area contributed by atoms with E-state index in [1.165, 1.54) is 0 Å². The monoisotopic (exact) mass is 229 g/mol. The molecule has 1 amide bonds. The van der Waals surface area contributed by atoms with Crippen molar-refractivity contribution >= 4 is 13.7 Å². The van der Waals surface area contributed by atoms with Crippen LogP contribution in [-0.4, -0.2) is 12.5 Å². The van der Waals surface area contributed by atoms with Crippen LogP contribution in [0.25, 0.3) is 0 Å². The highest BCUT2D eigenvalue weighted by molar-refractivity contribution is 7.49. The summed E-state index contributed by atoms with van der Waals surface area (Å²) in [5.41, 5.74) is 4.84. The number of hydrogen-bond acceptors (Lipinski definition) is 5. The number of para-hydroxylation sites is 2. The van der Waals surface area contributed by atoms with Gasteiger partial charge in [-0.15, -0.1) is 0 Å². The van der Waals surface area contributed by atoms with Crippen LogP contribution in [0, 0.1) is 0 Å². The van der Waals surface area contributed by atoms with Gasteiger partial charge in [0.25, 0.3) is 0 Å². The summed E-state index contributed by atoms with van der Waals surface area (Å²) in [6, 6.07) is 6.57. The topological polar surface area (TPSA) is 87.9 Å². The molecular weight excluding hydrogens is 221 g/mol. The van der Waals surface area contributed by atoms with Gasteiger partial charge in [-0.3, -0.25) is 9.32 Å². The lowest BCUT2D eigenvalue weighted by atomic mass is 10.3. The van der Waals surface area contributed by atoms with Crippen LogP contribution in [0.15, 0.2) is 24.3 Å². The molecule has 0 radical (unpaired) electrons. The molecule has 1 aromatic carbocycles. The molecule has 15 heavy (non-hydrogen) atoms. The Morgan fingerprint density at radius 2 is 1.87 bits per heavy atom. The SMILES string of the molecule is NC(=O)COP1(=O)Oc2ccccc2O1. The first-order valence-corrected chi connectivity index (χ1v) is 5.56. The summed E-state index contributed by atoms with van der Waals surface area (Å²) in [5.74, 6) is -0.0935. The molecule has 0 fully saturated rings. The average molecular weight is 229 g/mol. The standard InChI is InChI=1S/C8H8NO5P/c9-8(10)5-12-15(11)13-6-3-1-2-4-7(6)14-15/h1-4H,5H2,(H2,9,10). The summed E-state index contributed by atoms with van der Waals surface area (Å²) < 4.78 is 26.3. The fraction of sp³-hybridized carbons (Fsp3) is 0.125. The van der Waals surface area contributed by atoms with Crippen molar-refractivity contribution in [3.63, 3.8) is 0 Å². The van der Waals surface area contributed by atoms with Crippen LogP contribution in [0.4, 0.5) is 0 Å². The molecule has 0 bridgehead atoms. The van der Waals surface area contributed by atoms with E-state index in [0.717, 1.165) is 0 Å². The van der Waals surface area contributed by atoms with Crippen molar-refractivity contribution in [2.24, 2.45) is 5.73 Å². The molecule has 0 spiro atoms. The van der Waals surface area contributed by atoms with Gasteiger partial charge >= 0.3 is 7.82 Å². The number of carbonyl (C=O) groups is 1. The number of phosphoric acid groups is 1. The third-order valence-electron chi connectivity index (χ3n) is 1.63. The summed E-state index contributed by atoms with van der Waals surface area (Å²) in [6.45, 7) is -0.509. The van der Waals surface area contributed by atoms with E-state index in [0.29, 0.717) is 11.5 Å². The summed E-state index contributed by atoms with van der Waals surface area (Å²) in [4.78, 5) is 10.4. The molecule has 0 aromatic heterocycles. The van der Waals surface area contributed by atoms with Gasteiger partial charge in [-0.2, -0.15) is 0 Å². The van der Waals surface area contributed by atoms with Crippen LogP contribution in [0.1, 0.15) is 0 Å². The van der Waals surface area contributed by atoms with Gasteiger partial charge in [-0.25, -0.2) is 4.57 Å². The molecule has 1 heterocycles. The molecule has 1 aliphatic heterocycles. The van der Waals surface area contributed by atoms with Crippen molar-refractivity contribution in [2.75, 3.05) is 6.61 Å². The van der Waals surface area contributed by atoms with Gasteiger partial charge in [-0.05, 0) is 12.1 Å². The third kappa shape index (κ3) is 2.11. The number of amides is 1. The second kappa shape index (κ2) is 3.56. The average Bonchev–Trinajstić information content (AvgIpc) is 2.52. The number of rotatable bonds is 3. The molecule has 2 rings (SSSR count). The molecular formula is C8H8NO5P. The van der Waals surface area contributed by atoms with Crippen LogP contribution >= 0.6 is 7.82 Å². The van der Waals surface area contributed by atoms with Gasteiger partial charge in [0.15, 0.2) is 11.5 Å². The van der Waals surface area contributed by atoms with Crippen LogP contribution < -0.4 is 14.8 Å². The Kier molecular flexibility index (Phi) is 2.38. The maximum absolute atomic E-state index is 11.7. The zero-order valence-electron chi connectivity index (χ0n) is 7.58. The van der Waals surface area contributed by atoms with Gasteiger partial charge in [0.05, 0.1) is 0 Å². The summed E-state index contributed by atoms with van der Waals surface area (Å²) >= 11 is 0. The van der Waals surface area contributed by atoms with Crippen LogP contribution in [0.5, 0.6) is 11.5 Å². The maximum Gasteiger partial charge on any atom is 0.588 e. The molecule has 80 valence electrons. The van der Waals surface area contributed by atoms with E-state index < -0.39 is 20.3 Å². The van der Waals surface area contributed by atoms with Crippen molar-refractivity contribution in [3.05, 3.63) is 24.3 Å². The Hall–Kier alpha value is -1.52. The van der Waals surface area contributed by atoms with Gasteiger partial charge in [0.2, 0.25) is 5.91 Å². The molecule has 1 aromatic rings. The van der Waals surface area contributed by atoms with Crippen molar-refractivity contribution in [2.45, 2.75) is 0 Å². The predicted octanol–water partition coefficient (Wildman–Crippen LogP) is 1.07. The zero-order chi connectivity index (χ0) is 10.9. The zero-order valence-corrected chi connectivity index (χ0v) is 8.48. The highest BCUT2D eigenvalue weighted by Crippen LogP contribution is 2.58. The van der Waals surface area contributed by atoms with Gasteiger partial charge in [-0.1, -0.05) is 12.1 Å². The number of benzene rings is 1. The Labute approximate surface area is 85.5 Å². The van der Waals surface area contributed by atoms with E-state index in [2.05, 4.69) is 4.52 Å². The minimum Gasteiger partial charge on any atom is -0.391 e. The molecule has 0 unspecified atom stereocenters. The minimum atomic E-state index is -3.71. The first-order chi connectivity index (χ1) is 7.09. The Balaban J connectivity index is 2.11. The largest absolute Gasteiger partial charge is 0.588 e. The van der Waals surface area contributed by atoms with Gasteiger partial charge in [0, 0.05) is 0 Å². The molecule has 0 atom stereocenters. The quantitative estimate of drug-likeness (QED) is 0.783. The summed E-state index contributed by atoms with van der Waals surface area (Å²) in [5, 5.41) is 0. The van der Waals surface area contributed by atoms with Gasteiger partial charge < -0.3 is 14.8 Å². The number of fused-ring (bicyclic) bond motifs is 1. The minimum absolute atomic E-state index is 0.324. The highest BCUT2D eigenvalue weighted by Gasteiger charge is 2.38. The van der Waals surface area contributed by atoms with Crippen LogP contribution in [-0.2, 0) is 13.9 Å². The van der Waals surface area contributed by atoms with E-state index >= 15 is 0 Å². The Bertz CT molecular complexity index is 417. The van der Waals surface area contributed by atoms with E-state index in [4.69, 9.17) is 14.8 Å². The first-order valence-electron chi connectivity index (χ1n) is 4.10. The predicted molar refractivity (Wildman–Crippen MR) is 50.5 cm³/mol. The van der Waals surface area contributed by atoms with E-state index in [1.54, 1.807) is 24.3 Å². The lowest BCUT2D eigenvalue weighted by Gasteiger charge is -2.07. The number of primary amides is 1. The van der Waals surface area contributed by atoms with E-state index in [9.17, 15) is 9.36 Å². The first kappa shape index (κ1) is 10.0. The van der Waals surface area contributed by atoms with Crippen molar-refractivity contribution in [3.8, 4) is 11.5 Å². The molecule has 1 aliphatic rings. The number of carbonyl (C=O) groups excluding carboxylic acids is 1. The summed E-state index contributed by atoms with van der Waals surface area (Å²) in [6.07, 6.45) is 0. The van der Waals surface area contributed by atoms with Crippen LogP contribution in [0.2, 0.25) is 0 Å². The van der Waals surface area contributed by atoms with E-state index in [-0.39, 0.29) is 0 Å². The fourth-order valence-electron chi connectivity index (χ4n) is 1.06. The molecule has 0 saturated heterocycles. The van der Waals surface area contributed by atoms with Crippen LogP contribution in [0.3, 0.4) is 0 Å². The van der Waals surface area contributed by atoms with Crippen molar-refractivity contribution < 1.29 is 22.9 Å². The number of hydrogen-bond donors (Lipinski definition) is 1.